The van der Waals surface area contributed by atoms with Gasteiger partial charge in [-0.05, 0) is 61.8 Å². The molecule has 0 bridgehead atoms. The van der Waals surface area contributed by atoms with Crippen LogP contribution in [0.4, 0.5) is 16.3 Å². The van der Waals surface area contributed by atoms with Crippen molar-refractivity contribution in [3.63, 3.8) is 0 Å². The number of rotatable bonds is 5. The van der Waals surface area contributed by atoms with E-state index in [4.69, 9.17) is 20.9 Å². The first-order chi connectivity index (χ1) is 20.3. The summed E-state index contributed by atoms with van der Waals surface area (Å²) in [7, 11) is 0. The molecule has 7 N–H and O–H groups in total. The maximum absolute atomic E-state index is 12.5. The van der Waals surface area contributed by atoms with Crippen LogP contribution in [-0.4, -0.2) is 84.1 Å². The number of piperidine rings is 1. The number of likely N-dealkylation sites (tertiary alicyclic amines) is 1. The van der Waals surface area contributed by atoms with Gasteiger partial charge in [0.1, 0.15) is 23.5 Å². The van der Waals surface area contributed by atoms with Crippen molar-refractivity contribution in [1.82, 2.24) is 29.7 Å². The summed E-state index contributed by atoms with van der Waals surface area (Å²) in [5, 5.41) is 24.0. The Labute approximate surface area is 241 Å². The number of imidazole rings is 1. The standard InChI is InChI=1S/C28H32N8O6/c29-16-4-8-18(9-5-16)41-28(40)35-12-10-15(11-13-35)2-1-3-19-33-24(30)20-25(34-19)36(14-31-20)27-22(38)21(37)23(42-27)26(39)32-17-6-7-17/h4-5,8-9,14-15,17,21-23,27,37-38H,2,6-7,10-13,29H2,(H,32,39)(H2,30,33,34)/t21?,22-,23-,27+/m0/s1. The smallest absolute Gasteiger partial charge is 0.410 e. The van der Waals surface area contributed by atoms with Gasteiger partial charge in [-0.15, -0.1) is 0 Å². The summed E-state index contributed by atoms with van der Waals surface area (Å²) in [6, 6.07) is 6.76. The number of nitrogen functional groups attached to an aromatic ring is 2. The van der Waals surface area contributed by atoms with Crippen LogP contribution in [0.5, 0.6) is 5.75 Å². The fourth-order valence-corrected chi connectivity index (χ4v) is 5.09. The maximum Gasteiger partial charge on any atom is 0.415 e. The number of hydrogen-bond acceptors (Lipinski definition) is 11. The third-order valence-electron chi connectivity index (χ3n) is 7.69. The lowest BCUT2D eigenvalue weighted by Crippen LogP contribution is -2.43. The Balaban J connectivity index is 1.08. The Hall–Kier alpha value is -4.45. The van der Waals surface area contributed by atoms with Gasteiger partial charge in [-0.25, -0.2) is 19.7 Å². The van der Waals surface area contributed by atoms with Crippen molar-refractivity contribution in [1.29, 1.82) is 0 Å². The number of fused-ring (bicyclic) bond motifs is 1. The van der Waals surface area contributed by atoms with Gasteiger partial charge >= 0.3 is 6.09 Å². The first-order valence-electron chi connectivity index (χ1n) is 13.9. The summed E-state index contributed by atoms with van der Waals surface area (Å²) in [5.74, 6) is 6.60. The van der Waals surface area contributed by atoms with E-state index in [0.29, 0.717) is 30.9 Å². The average Bonchev–Trinajstić information content (AvgIpc) is 3.61. The van der Waals surface area contributed by atoms with Crippen LogP contribution in [-0.2, 0) is 9.53 Å². The minimum atomic E-state index is -1.42. The fraction of sp³-hybridized carbons (Fsp3) is 0.464. The summed E-state index contributed by atoms with van der Waals surface area (Å²) in [6.07, 6.45) is -0.275. The molecule has 14 nitrogen and oxygen atoms in total. The van der Waals surface area contributed by atoms with E-state index in [2.05, 4.69) is 32.1 Å². The number of aliphatic hydroxyl groups is 2. The lowest BCUT2D eigenvalue weighted by molar-refractivity contribution is -0.137. The zero-order valence-electron chi connectivity index (χ0n) is 22.7. The third kappa shape index (κ3) is 5.80. The molecule has 14 heteroatoms. The van der Waals surface area contributed by atoms with Gasteiger partial charge < -0.3 is 41.4 Å². The highest BCUT2D eigenvalue weighted by molar-refractivity contribution is 5.83. The van der Waals surface area contributed by atoms with Crippen LogP contribution in [0.2, 0.25) is 0 Å². The van der Waals surface area contributed by atoms with Gasteiger partial charge in [0.15, 0.2) is 23.8 Å². The number of nitrogens with one attached hydrogen (secondary N) is 1. The molecule has 3 aliphatic rings. The van der Waals surface area contributed by atoms with Crippen LogP contribution >= 0.6 is 0 Å². The number of aromatic nitrogens is 4. The molecule has 1 unspecified atom stereocenters. The molecular formula is C28H32N8O6. The van der Waals surface area contributed by atoms with Crippen molar-refractivity contribution in [3.05, 3.63) is 36.4 Å². The van der Waals surface area contributed by atoms with Gasteiger partial charge in [-0.3, -0.25) is 9.36 Å². The highest BCUT2D eigenvalue weighted by Gasteiger charge is 2.48. The molecule has 3 aromatic rings. The molecule has 1 saturated carbocycles. The normalized spacial score (nSPS) is 24.3. The number of nitrogens with zero attached hydrogens (tertiary/aromatic N) is 5. The number of benzene rings is 1. The SMILES string of the molecule is Nc1ccc(OC(=O)N2CCC(CC#Cc3nc(N)c4ncn([C@@H]5O[C@H](C(=O)NC6CC6)C(O)[C@@H]5O)c4n3)CC2)cc1. The van der Waals surface area contributed by atoms with E-state index in [-0.39, 0.29) is 34.8 Å². The maximum atomic E-state index is 12.5. The van der Waals surface area contributed by atoms with Gasteiger partial charge in [0.25, 0.3) is 5.91 Å². The Morgan fingerprint density at radius 2 is 1.81 bits per heavy atom. The van der Waals surface area contributed by atoms with Gasteiger partial charge in [-0.1, -0.05) is 5.92 Å². The minimum Gasteiger partial charge on any atom is -0.410 e. The molecule has 42 heavy (non-hydrogen) atoms. The molecule has 1 aliphatic carbocycles. The summed E-state index contributed by atoms with van der Waals surface area (Å²) in [4.78, 5) is 39.6. The molecule has 0 radical (unpaired) electrons. The highest BCUT2D eigenvalue weighted by Crippen LogP contribution is 2.33. The molecule has 220 valence electrons. The van der Waals surface area contributed by atoms with Gasteiger partial charge in [0.2, 0.25) is 5.82 Å². The third-order valence-corrected chi connectivity index (χ3v) is 7.69. The minimum absolute atomic E-state index is 0.0802. The Morgan fingerprint density at radius 1 is 1.07 bits per heavy atom. The molecule has 1 aromatic carbocycles. The van der Waals surface area contributed by atoms with E-state index in [1.54, 1.807) is 29.2 Å². The van der Waals surface area contributed by atoms with E-state index in [9.17, 15) is 19.8 Å². The molecule has 2 amide bonds. The monoisotopic (exact) mass is 576 g/mol. The second-order valence-electron chi connectivity index (χ2n) is 10.8. The molecule has 4 heterocycles. The zero-order chi connectivity index (χ0) is 29.4. The predicted molar refractivity (Wildman–Crippen MR) is 149 cm³/mol. The van der Waals surface area contributed by atoms with Gasteiger partial charge in [-0.2, -0.15) is 0 Å². The van der Waals surface area contributed by atoms with Crippen LogP contribution < -0.4 is 21.5 Å². The number of amides is 2. The number of carbonyl (C=O) groups is 2. The Bertz CT molecular complexity index is 1540. The van der Waals surface area contributed by atoms with E-state index >= 15 is 0 Å². The second kappa shape index (κ2) is 11.4. The van der Waals surface area contributed by atoms with E-state index in [1.807, 2.05) is 0 Å². The average molecular weight is 577 g/mol. The molecule has 6 rings (SSSR count). The molecule has 4 atom stereocenters. The van der Waals surface area contributed by atoms with Crippen molar-refractivity contribution in [2.24, 2.45) is 5.92 Å². The number of ether oxygens (including phenoxy) is 2. The molecule has 0 spiro atoms. The number of anilines is 2. The molecule has 2 aliphatic heterocycles. The molecule has 2 aromatic heterocycles. The topological polar surface area (TPSA) is 204 Å². The quantitative estimate of drug-likeness (QED) is 0.209. The van der Waals surface area contributed by atoms with Crippen molar-refractivity contribution >= 4 is 34.7 Å². The fourth-order valence-electron chi connectivity index (χ4n) is 5.09. The van der Waals surface area contributed by atoms with Gasteiger partial charge in [0, 0.05) is 31.2 Å². The van der Waals surface area contributed by atoms with Crippen molar-refractivity contribution in [2.45, 2.75) is 62.7 Å². The van der Waals surface area contributed by atoms with E-state index in [1.165, 1.54) is 10.9 Å². The van der Waals surface area contributed by atoms with Crippen molar-refractivity contribution in [3.8, 4) is 17.6 Å². The van der Waals surface area contributed by atoms with Crippen molar-refractivity contribution < 1.29 is 29.3 Å². The number of carbonyl (C=O) groups excluding carboxylic acids is 2. The summed E-state index contributed by atoms with van der Waals surface area (Å²) >= 11 is 0. The summed E-state index contributed by atoms with van der Waals surface area (Å²) < 4.78 is 12.6. The first kappa shape index (κ1) is 27.7. The first-order valence-corrected chi connectivity index (χ1v) is 13.9. The van der Waals surface area contributed by atoms with E-state index in [0.717, 1.165) is 25.7 Å². The second-order valence-corrected chi connectivity index (χ2v) is 10.8. The summed E-state index contributed by atoms with van der Waals surface area (Å²) in [6.45, 7) is 1.12. The number of hydrogen-bond donors (Lipinski definition) is 5. The zero-order valence-corrected chi connectivity index (χ0v) is 22.7. The Kier molecular flexibility index (Phi) is 7.55. The molecule has 2 saturated heterocycles. The lowest BCUT2D eigenvalue weighted by Gasteiger charge is -2.30. The molecule has 3 fully saturated rings. The largest absolute Gasteiger partial charge is 0.415 e. The van der Waals surface area contributed by atoms with Crippen LogP contribution in [0.3, 0.4) is 0 Å². The molecular weight excluding hydrogens is 544 g/mol. The number of nitrogens with two attached hydrogens (primary N) is 2. The van der Waals surface area contributed by atoms with Gasteiger partial charge in [0.05, 0.1) is 6.33 Å². The highest BCUT2D eigenvalue weighted by atomic mass is 16.6. The summed E-state index contributed by atoms with van der Waals surface area (Å²) in [5.41, 5.74) is 12.9. The lowest BCUT2D eigenvalue weighted by atomic mass is 9.94. The Morgan fingerprint density at radius 3 is 2.52 bits per heavy atom. The van der Waals surface area contributed by atoms with E-state index < -0.39 is 36.5 Å². The van der Waals surface area contributed by atoms with Crippen molar-refractivity contribution in [2.75, 3.05) is 24.6 Å². The van der Waals surface area contributed by atoms with Crippen LogP contribution in [0.15, 0.2) is 30.6 Å². The van der Waals surface area contributed by atoms with Crippen LogP contribution in [0.1, 0.15) is 44.2 Å². The predicted octanol–water partition coefficient (Wildman–Crippen LogP) is 0.541. The number of aliphatic hydroxyl groups excluding tert-OH is 2. The van der Waals surface area contributed by atoms with Crippen LogP contribution in [0, 0.1) is 17.8 Å². The van der Waals surface area contributed by atoms with Crippen LogP contribution in [0.25, 0.3) is 11.2 Å².